The monoisotopic (exact) mass is 350 g/mol. The number of aryl methyl sites for hydroxylation is 1. The van der Waals surface area contributed by atoms with Gasteiger partial charge in [-0.1, -0.05) is 42.5 Å². The molecule has 3 rings (SSSR count). The summed E-state index contributed by atoms with van der Waals surface area (Å²) in [6, 6.07) is 7.67. The van der Waals surface area contributed by atoms with Gasteiger partial charge in [0.2, 0.25) is 0 Å². The van der Waals surface area contributed by atoms with Crippen LogP contribution in [0.15, 0.2) is 24.3 Å². The number of ether oxygens (including phenoxy) is 1. The van der Waals surface area contributed by atoms with Crippen LogP contribution < -0.4 is 4.74 Å². The van der Waals surface area contributed by atoms with Gasteiger partial charge in [-0.05, 0) is 61.1 Å². The summed E-state index contributed by atoms with van der Waals surface area (Å²) >= 11 is 12.1. The standard InChI is InChI=1S/C18H20Cl2N2O/c1-12-9-17(23-11-14-7-8-18(20)22-21-14)15(10-16(12)19)13-5-3-2-4-6-13/h7-10,13H,2-6,11H2,1H3. The first kappa shape index (κ1) is 16.5. The molecule has 0 saturated heterocycles. The predicted octanol–water partition coefficient (Wildman–Crippen LogP) is 5.72. The molecule has 1 aliphatic rings. The van der Waals surface area contributed by atoms with Crippen molar-refractivity contribution in [3.05, 3.63) is 51.3 Å². The van der Waals surface area contributed by atoms with Crippen LogP contribution in [0.3, 0.4) is 0 Å². The first-order valence-electron chi connectivity index (χ1n) is 8.04. The maximum Gasteiger partial charge on any atom is 0.151 e. The summed E-state index contributed by atoms with van der Waals surface area (Å²) in [5.74, 6) is 1.45. The SMILES string of the molecule is Cc1cc(OCc2ccc(Cl)nn2)c(C2CCCCC2)cc1Cl. The van der Waals surface area contributed by atoms with Gasteiger partial charge >= 0.3 is 0 Å². The zero-order valence-corrected chi connectivity index (χ0v) is 14.7. The molecule has 0 amide bonds. The number of hydrogen-bond acceptors (Lipinski definition) is 3. The second kappa shape index (κ2) is 7.50. The Kier molecular flexibility index (Phi) is 5.39. The normalized spacial score (nSPS) is 15.6. The van der Waals surface area contributed by atoms with Crippen molar-refractivity contribution in [2.45, 2.75) is 51.6 Å². The van der Waals surface area contributed by atoms with Gasteiger partial charge in [0.1, 0.15) is 18.1 Å². The van der Waals surface area contributed by atoms with E-state index in [-0.39, 0.29) is 0 Å². The molecule has 2 aromatic rings. The number of halogens is 2. The van der Waals surface area contributed by atoms with Gasteiger partial charge in [0, 0.05) is 5.02 Å². The lowest BCUT2D eigenvalue weighted by Gasteiger charge is -2.25. The summed E-state index contributed by atoms with van der Waals surface area (Å²) in [4.78, 5) is 0. The summed E-state index contributed by atoms with van der Waals surface area (Å²) in [5.41, 5.74) is 3.02. The molecule has 0 N–H and O–H groups in total. The third kappa shape index (κ3) is 4.15. The number of hydrogen-bond donors (Lipinski definition) is 0. The van der Waals surface area contributed by atoms with Crippen molar-refractivity contribution < 1.29 is 4.74 Å². The van der Waals surface area contributed by atoms with E-state index in [1.165, 1.54) is 37.7 Å². The van der Waals surface area contributed by atoms with Crippen molar-refractivity contribution >= 4 is 23.2 Å². The Morgan fingerprint density at radius 3 is 2.57 bits per heavy atom. The number of benzene rings is 1. The van der Waals surface area contributed by atoms with E-state index in [1.54, 1.807) is 6.07 Å². The summed E-state index contributed by atoms with van der Waals surface area (Å²) in [6.07, 6.45) is 6.29. The van der Waals surface area contributed by atoms with Crippen LogP contribution >= 0.6 is 23.2 Å². The smallest absolute Gasteiger partial charge is 0.151 e. The number of rotatable bonds is 4. The van der Waals surface area contributed by atoms with Crippen LogP contribution in [-0.2, 0) is 6.61 Å². The lowest BCUT2D eigenvalue weighted by atomic mass is 9.83. The highest BCUT2D eigenvalue weighted by atomic mass is 35.5. The number of aromatic nitrogens is 2. The molecule has 1 saturated carbocycles. The predicted molar refractivity (Wildman–Crippen MR) is 93.4 cm³/mol. The van der Waals surface area contributed by atoms with Gasteiger partial charge < -0.3 is 4.74 Å². The third-order valence-corrected chi connectivity index (χ3v) is 5.01. The zero-order chi connectivity index (χ0) is 16.2. The van der Waals surface area contributed by atoms with Crippen molar-refractivity contribution in [1.29, 1.82) is 0 Å². The topological polar surface area (TPSA) is 35.0 Å². The molecule has 0 bridgehead atoms. The molecule has 1 fully saturated rings. The third-order valence-electron chi connectivity index (χ3n) is 4.40. The molecule has 3 nitrogen and oxygen atoms in total. The van der Waals surface area contributed by atoms with Crippen LogP contribution in [0.2, 0.25) is 10.2 Å². The van der Waals surface area contributed by atoms with Crippen LogP contribution in [0, 0.1) is 6.92 Å². The van der Waals surface area contributed by atoms with E-state index in [1.807, 2.05) is 19.1 Å². The van der Waals surface area contributed by atoms with Crippen LogP contribution in [0.1, 0.15) is 54.8 Å². The van der Waals surface area contributed by atoms with Gasteiger partial charge in [-0.15, -0.1) is 5.10 Å². The molecule has 0 spiro atoms. The maximum atomic E-state index is 6.35. The summed E-state index contributed by atoms with van der Waals surface area (Å²) in [6.45, 7) is 2.38. The molecule has 0 unspecified atom stereocenters. The average molecular weight is 351 g/mol. The maximum absolute atomic E-state index is 6.35. The highest BCUT2D eigenvalue weighted by molar-refractivity contribution is 6.31. The number of nitrogens with zero attached hydrogens (tertiary/aromatic N) is 2. The van der Waals surface area contributed by atoms with E-state index >= 15 is 0 Å². The minimum absolute atomic E-state index is 0.380. The first-order chi connectivity index (χ1) is 11.1. The molecule has 1 heterocycles. The Balaban J connectivity index is 1.81. The minimum atomic E-state index is 0.380. The van der Waals surface area contributed by atoms with Gasteiger partial charge in [0.05, 0.1) is 0 Å². The molecule has 0 aliphatic heterocycles. The highest BCUT2D eigenvalue weighted by Crippen LogP contribution is 2.40. The van der Waals surface area contributed by atoms with E-state index in [0.29, 0.717) is 17.7 Å². The van der Waals surface area contributed by atoms with E-state index in [4.69, 9.17) is 27.9 Å². The second-order valence-corrected chi connectivity index (χ2v) is 6.90. The fraction of sp³-hybridized carbons (Fsp3) is 0.444. The zero-order valence-electron chi connectivity index (χ0n) is 13.2. The Morgan fingerprint density at radius 2 is 1.87 bits per heavy atom. The molecular formula is C18H20Cl2N2O. The van der Waals surface area contributed by atoms with Crippen molar-refractivity contribution in [1.82, 2.24) is 10.2 Å². The lowest BCUT2D eigenvalue weighted by molar-refractivity contribution is 0.291. The Morgan fingerprint density at radius 1 is 1.09 bits per heavy atom. The van der Waals surface area contributed by atoms with Crippen molar-refractivity contribution in [3.8, 4) is 5.75 Å². The quantitative estimate of drug-likeness (QED) is 0.707. The van der Waals surface area contributed by atoms with E-state index in [0.717, 1.165) is 22.0 Å². The second-order valence-electron chi connectivity index (χ2n) is 6.11. The summed E-state index contributed by atoms with van der Waals surface area (Å²) < 4.78 is 6.05. The summed E-state index contributed by atoms with van der Waals surface area (Å²) in [7, 11) is 0. The Hall–Kier alpha value is -1.32. The molecule has 0 atom stereocenters. The van der Waals surface area contributed by atoms with Gasteiger partial charge in [0.15, 0.2) is 5.15 Å². The van der Waals surface area contributed by atoms with Crippen LogP contribution in [0.5, 0.6) is 5.75 Å². The first-order valence-corrected chi connectivity index (χ1v) is 8.80. The van der Waals surface area contributed by atoms with Gasteiger partial charge in [-0.2, -0.15) is 5.10 Å². The molecular weight excluding hydrogens is 331 g/mol. The van der Waals surface area contributed by atoms with Crippen molar-refractivity contribution in [2.75, 3.05) is 0 Å². The molecule has 0 radical (unpaired) electrons. The van der Waals surface area contributed by atoms with Crippen LogP contribution in [0.25, 0.3) is 0 Å². The Bertz CT molecular complexity index is 667. The van der Waals surface area contributed by atoms with Gasteiger partial charge in [-0.3, -0.25) is 0 Å². The van der Waals surface area contributed by atoms with E-state index in [2.05, 4.69) is 16.3 Å². The van der Waals surface area contributed by atoms with Crippen LogP contribution in [-0.4, -0.2) is 10.2 Å². The molecule has 122 valence electrons. The fourth-order valence-electron chi connectivity index (χ4n) is 3.10. The average Bonchev–Trinajstić information content (AvgIpc) is 2.58. The molecule has 1 aromatic carbocycles. The fourth-order valence-corrected chi connectivity index (χ4v) is 3.37. The Labute approximate surface area is 147 Å². The van der Waals surface area contributed by atoms with E-state index < -0.39 is 0 Å². The molecule has 23 heavy (non-hydrogen) atoms. The van der Waals surface area contributed by atoms with Gasteiger partial charge in [0.25, 0.3) is 0 Å². The van der Waals surface area contributed by atoms with Gasteiger partial charge in [-0.25, -0.2) is 0 Å². The largest absolute Gasteiger partial charge is 0.487 e. The minimum Gasteiger partial charge on any atom is -0.487 e. The van der Waals surface area contributed by atoms with Crippen LogP contribution in [0.4, 0.5) is 0 Å². The van der Waals surface area contributed by atoms with Crippen molar-refractivity contribution in [2.24, 2.45) is 0 Å². The molecule has 1 aromatic heterocycles. The van der Waals surface area contributed by atoms with Crippen molar-refractivity contribution in [3.63, 3.8) is 0 Å². The highest BCUT2D eigenvalue weighted by Gasteiger charge is 2.20. The molecule has 5 heteroatoms. The summed E-state index contributed by atoms with van der Waals surface area (Å²) in [5, 5.41) is 9.09. The van der Waals surface area contributed by atoms with E-state index in [9.17, 15) is 0 Å². The molecule has 1 aliphatic carbocycles. The lowest BCUT2D eigenvalue weighted by Crippen LogP contribution is -2.08.